The van der Waals surface area contributed by atoms with Gasteiger partial charge in [0.2, 0.25) is 0 Å². The first-order valence-electron chi connectivity index (χ1n) is 8.37. The van der Waals surface area contributed by atoms with Gasteiger partial charge in [-0.15, -0.1) is 0 Å². The van der Waals surface area contributed by atoms with Crippen LogP contribution in [0.2, 0.25) is 0 Å². The van der Waals surface area contributed by atoms with Crippen molar-refractivity contribution in [3.8, 4) is 11.5 Å². The highest BCUT2D eigenvalue weighted by Gasteiger charge is 2.33. The van der Waals surface area contributed by atoms with E-state index in [-0.39, 0.29) is 12.0 Å². The first-order chi connectivity index (χ1) is 11.6. The molecule has 0 radical (unpaired) electrons. The van der Waals surface area contributed by atoms with Crippen molar-refractivity contribution in [2.24, 2.45) is 5.41 Å². The van der Waals surface area contributed by atoms with Crippen molar-refractivity contribution in [1.29, 1.82) is 0 Å². The van der Waals surface area contributed by atoms with E-state index in [4.69, 9.17) is 9.26 Å². The van der Waals surface area contributed by atoms with Crippen LogP contribution in [0.3, 0.4) is 0 Å². The second kappa shape index (κ2) is 7.42. The van der Waals surface area contributed by atoms with Gasteiger partial charge < -0.3 is 14.4 Å². The number of aryl methyl sites for hydroxylation is 1. The topological polar surface area (TPSA) is 71.6 Å². The quantitative estimate of drug-likeness (QED) is 0.875. The number of rotatable bonds is 6. The van der Waals surface area contributed by atoms with Gasteiger partial charge in [-0.05, 0) is 38.9 Å². The molecule has 130 valence electrons. The highest BCUT2D eigenvalue weighted by molar-refractivity contribution is 5.53. The minimum atomic E-state index is -0.0868. The third-order valence-corrected chi connectivity index (χ3v) is 4.67. The molecule has 0 saturated carbocycles. The SMILES string of the molecule is Cc1ccc(-c2nc(CN(C)CC3(CO)CCOCC3)no2)cc1. The van der Waals surface area contributed by atoms with Gasteiger partial charge in [-0.3, -0.25) is 4.90 Å². The Balaban J connectivity index is 1.62. The molecule has 0 atom stereocenters. The van der Waals surface area contributed by atoms with Gasteiger partial charge in [0.25, 0.3) is 5.89 Å². The van der Waals surface area contributed by atoms with Gasteiger partial charge in [-0.1, -0.05) is 22.9 Å². The fourth-order valence-electron chi connectivity index (χ4n) is 3.17. The molecule has 2 aromatic rings. The van der Waals surface area contributed by atoms with Crippen molar-refractivity contribution in [3.63, 3.8) is 0 Å². The molecule has 24 heavy (non-hydrogen) atoms. The molecule has 1 aliphatic rings. The van der Waals surface area contributed by atoms with Crippen molar-refractivity contribution in [3.05, 3.63) is 35.7 Å². The van der Waals surface area contributed by atoms with Gasteiger partial charge >= 0.3 is 0 Å². The summed E-state index contributed by atoms with van der Waals surface area (Å²) >= 11 is 0. The predicted molar refractivity (Wildman–Crippen MR) is 90.4 cm³/mol. The molecule has 1 N–H and O–H groups in total. The molecule has 1 fully saturated rings. The maximum absolute atomic E-state index is 9.80. The van der Waals surface area contributed by atoms with E-state index >= 15 is 0 Å². The number of aromatic nitrogens is 2. The summed E-state index contributed by atoms with van der Waals surface area (Å²) in [4.78, 5) is 6.63. The van der Waals surface area contributed by atoms with E-state index in [0.29, 0.717) is 31.5 Å². The van der Waals surface area contributed by atoms with Crippen LogP contribution in [0.25, 0.3) is 11.5 Å². The summed E-state index contributed by atoms with van der Waals surface area (Å²) in [5.74, 6) is 1.20. The molecule has 0 unspecified atom stereocenters. The Kier molecular flexibility index (Phi) is 5.28. The monoisotopic (exact) mass is 331 g/mol. The lowest BCUT2D eigenvalue weighted by atomic mass is 9.80. The van der Waals surface area contributed by atoms with Crippen LogP contribution in [-0.2, 0) is 11.3 Å². The lowest BCUT2D eigenvalue weighted by molar-refractivity contribution is -0.0321. The number of hydrogen-bond acceptors (Lipinski definition) is 6. The van der Waals surface area contributed by atoms with Crippen LogP contribution in [0.1, 0.15) is 24.2 Å². The Morgan fingerprint density at radius 3 is 2.58 bits per heavy atom. The lowest BCUT2D eigenvalue weighted by Gasteiger charge is -2.38. The molecule has 0 amide bonds. The van der Waals surface area contributed by atoms with Gasteiger partial charge in [-0.2, -0.15) is 4.98 Å². The van der Waals surface area contributed by atoms with Gasteiger partial charge in [-0.25, -0.2) is 0 Å². The van der Waals surface area contributed by atoms with E-state index < -0.39 is 0 Å². The summed E-state index contributed by atoms with van der Waals surface area (Å²) in [7, 11) is 2.02. The predicted octanol–water partition coefficient (Wildman–Crippen LogP) is 2.27. The maximum Gasteiger partial charge on any atom is 0.257 e. The number of hydrogen-bond donors (Lipinski definition) is 1. The summed E-state index contributed by atoms with van der Waals surface area (Å²) in [5.41, 5.74) is 2.04. The minimum absolute atomic E-state index is 0.0868. The molecule has 3 rings (SSSR count). The lowest BCUT2D eigenvalue weighted by Crippen LogP contribution is -2.42. The zero-order chi connectivity index (χ0) is 17.0. The second-order valence-corrected chi connectivity index (χ2v) is 6.82. The Labute approximate surface area is 142 Å². The molecular formula is C18H25N3O3. The molecule has 1 aromatic heterocycles. The third-order valence-electron chi connectivity index (χ3n) is 4.67. The maximum atomic E-state index is 9.80. The number of nitrogens with zero attached hydrogens (tertiary/aromatic N) is 3. The van der Waals surface area contributed by atoms with E-state index in [1.54, 1.807) is 0 Å². The summed E-state index contributed by atoms with van der Waals surface area (Å²) < 4.78 is 10.8. The summed E-state index contributed by atoms with van der Waals surface area (Å²) in [5, 5.41) is 13.9. The van der Waals surface area contributed by atoms with Crippen molar-refractivity contribution < 1.29 is 14.4 Å². The van der Waals surface area contributed by atoms with E-state index in [2.05, 4.69) is 15.0 Å². The van der Waals surface area contributed by atoms with Crippen LogP contribution in [0, 0.1) is 12.3 Å². The summed E-state index contributed by atoms with van der Waals surface area (Å²) in [6, 6.07) is 8.03. The Morgan fingerprint density at radius 1 is 1.21 bits per heavy atom. The number of benzene rings is 1. The number of aliphatic hydroxyl groups excluding tert-OH is 1. The van der Waals surface area contributed by atoms with E-state index in [9.17, 15) is 5.11 Å². The van der Waals surface area contributed by atoms with Crippen LogP contribution in [-0.4, -0.2) is 53.6 Å². The van der Waals surface area contributed by atoms with Crippen molar-refractivity contribution in [1.82, 2.24) is 15.0 Å². The minimum Gasteiger partial charge on any atom is -0.396 e. The molecule has 0 aliphatic carbocycles. The molecule has 6 heteroatoms. The molecule has 0 bridgehead atoms. The third kappa shape index (κ3) is 4.01. The van der Waals surface area contributed by atoms with E-state index in [0.717, 1.165) is 24.9 Å². The Bertz CT molecular complexity index is 648. The highest BCUT2D eigenvalue weighted by Crippen LogP contribution is 2.31. The molecule has 6 nitrogen and oxygen atoms in total. The normalized spacial score (nSPS) is 17.3. The zero-order valence-electron chi connectivity index (χ0n) is 14.4. The van der Waals surface area contributed by atoms with Gasteiger partial charge in [0.15, 0.2) is 5.82 Å². The van der Waals surface area contributed by atoms with E-state index in [1.165, 1.54) is 5.56 Å². The van der Waals surface area contributed by atoms with Crippen LogP contribution in [0.4, 0.5) is 0 Å². The fraction of sp³-hybridized carbons (Fsp3) is 0.556. The van der Waals surface area contributed by atoms with E-state index in [1.807, 2.05) is 38.2 Å². The largest absolute Gasteiger partial charge is 0.396 e. The van der Waals surface area contributed by atoms with Crippen LogP contribution in [0.15, 0.2) is 28.8 Å². The first-order valence-corrected chi connectivity index (χ1v) is 8.37. The average Bonchev–Trinajstić information content (AvgIpc) is 3.04. The van der Waals surface area contributed by atoms with Gasteiger partial charge in [0.1, 0.15) is 0 Å². The molecule has 1 aliphatic heterocycles. The second-order valence-electron chi connectivity index (χ2n) is 6.82. The zero-order valence-corrected chi connectivity index (χ0v) is 14.4. The Morgan fingerprint density at radius 2 is 1.92 bits per heavy atom. The van der Waals surface area contributed by atoms with Crippen LogP contribution in [0.5, 0.6) is 0 Å². The molecule has 1 saturated heterocycles. The van der Waals surface area contributed by atoms with Crippen molar-refractivity contribution >= 4 is 0 Å². The molecular weight excluding hydrogens is 306 g/mol. The van der Waals surface area contributed by atoms with Crippen molar-refractivity contribution in [2.75, 3.05) is 33.4 Å². The molecule has 1 aromatic carbocycles. The van der Waals surface area contributed by atoms with Crippen LogP contribution < -0.4 is 0 Å². The highest BCUT2D eigenvalue weighted by atomic mass is 16.5. The smallest absolute Gasteiger partial charge is 0.257 e. The first kappa shape index (κ1) is 17.1. The van der Waals surface area contributed by atoms with Gasteiger partial charge in [0.05, 0.1) is 13.2 Å². The summed E-state index contributed by atoms with van der Waals surface area (Å²) in [6.07, 6.45) is 1.77. The fourth-order valence-corrected chi connectivity index (χ4v) is 3.17. The number of aliphatic hydroxyl groups is 1. The number of ether oxygens (including phenoxy) is 1. The Hall–Kier alpha value is -1.76. The summed E-state index contributed by atoms with van der Waals surface area (Å²) in [6.45, 7) is 5.05. The van der Waals surface area contributed by atoms with Crippen LogP contribution >= 0.6 is 0 Å². The molecule has 2 heterocycles. The molecule has 0 spiro atoms. The van der Waals surface area contributed by atoms with Crippen molar-refractivity contribution in [2.45, 2.75) is 26.3 Å². The average molecular weight is 331 g/mol. The van der Waals surface area contributed by atoms with Gasteiger partial charge in [0, 0.05) is 30.7 Å². The standard InChI is InChI=1S/C18H25N3O3/c1-14-3-5-15(6-4-14)17-19-16(20-24-17)11-21(2)12-18(13-22)7-9-23-10-8-18/h3-6,22H,7-13H2,1-2H3.